The number of alkyl halides is 1. The van der Waals surface area contributed by atoms with E-state index in [0.717, 1.165) is 8.45 Å². The van der Waals surface area contributed by atoms with E-state index in [1.54, 1.807) is 0 Å². The van der Waals surface area contributed by atoms with E-state index in [9.17, 15) is 8.78 Å². The zero-order chi connectivity index (χ0) is 13.3. The maximum Gasteiger partial charge on any atom is 0.134 e. The normalized spacial score (nSPS) is 12.5. The summed E-state index contributed by atoms with van der Waals surface area (Å²) in [4.78, 5) is -0.497. The van der Waals surface area contributed by atoms with Crippen molar-refractivity contribution in [2.24, 2.45) is 0 Å². The van der Waals surface area contributed by atoms with Crippen molar-refractivity contribution >= 4 is 49.9 Å². The van der Waals surface area contributed by atoms with Crippen LogP contribution in [0.15, 0.2) is 23.6 Å². The number of hydrogen-bond acceptors (Lipinski definition) is 2. The molecule has 1 aromatic carbocycles. The molecule has 0 aliphatic heterocycles. The van der Waals surface area contributed by atoms with Crippen LogP contribution in [0, 0.1) is 14.5 Å². The SMILES string of the molecule is COc1cc(F)c(C(Br)c2csc(I)c2)c(F)c1. The molecule has 0 saturated heterocycles. The first kappa shape index (κ1) is 14.2. The number of hydrogen-bond donors (Lipinski definition) is 0. The van der Waals surface area contributed by atoms with Crippen LogP contribution in [-0.4, -0.2) is 7.11 Å². The number of methoxy groups -OCH3 is 1. The highest BCUT2D eigenvalue weighted by atomic mass is 127. The van der Waals surface area contributed by atoms with Gasteiger partial charge in [0.05, 0.1) is 14.8 Å². The van der Waals surface area contributed by atoms with Crippen molar-refractivity contribution < 1.29 is 13.5 Å². The van der Waals surface area contributed by atoms with Gasteiger partial charge in [-0.25, -0.2) is 8.78 Å². The van der Waals surface area contributed by atoms with Crippen molar-refractivity contribution in [3.63, 3.8) is 0 Å². The number of halogens is 4. The zero-order valence-corrected chi connectivity index (χ0v) is 13.8. The summed E-state index contributed by atoms with van der Waals surface area (Å²) >= 11 is 7.04. The lowest BCUT2D eigenvalue weighted by Gasteiger charge is -2.12. The van der Waals surface area contributed by atoms with Gasteiger partial charge in [-0.2, -0.15) is 0 Å². The van der Waals surface area contributed by atoms with E-state index < -0.39 is 16.5 Å². The molecule has 0 fully saturated rings. The predicted octanol–water partition coefficient (Wildman–Crippen LogP) is 5.12. The second-order valence-electron chi connectivity index (χ2n) is 3.55. The largest absolute Gasteiger partial charge is 0.497 e. The Hall–Kier alpha value is -0.210. The molecule has 18 heavy (non-hydrogen) atoms. The molecule has 0 aliphatic rings. The topological polar surface area (TPSA) is 9.23 Å². The van der Waals surface area contributed by atoms with Gasteiger partial charge in [0.15, 0.2) is 0 Å². The summed E-state index contributed by atoms with van der Waals surface area (Å²) in [5.74, 6) is -1.06. The molecule has 1 unspecified atom stereocenters. The summed E-state index contributed by atoms with van der Waals surface area (Å²) in [6.07, 6.45) is 0. The molecule has 2 rings (SSSR count). The summed E-state index contributed by atoms with van der Waals surface area (Å²) < 4.78 is 33.7. The second kappa shape index (κ2) is 5.83. The molecule has 6 heteroatoms. The summed E-state index contributed by atoms with van der Waals surface area (Å²) in [5.41, 5.74) is 0.845. The minimum atomic E-state index is -0.616. The average Bonchev–Trinajstić information content (AvgIpc) is 2.74. The first-order chi connectivity index (χ1) is 8.52. The smallest absolute Gasteiger partial charge is 0.134 e. The number of thiophene rings is 1. The number of ether oxygens (including phenoxy) is 1. The van der Waals surface area contributed by atoms with Crippen LogP contribution in [0.2, 0.25) is 0 Å². The molecule has 96 valence electrons. The van der Waals surface area contributed by atoms with E-state index in [1.165, 1.54) is 30.6 Å². The van der Waals surface area contributed by atoms with Crippen molar-refractivity contribution in [2.75, 3.05) is 7.11 Å². The van der Waals surface area contributed by atoms with E-state index in [2.05, 4.69) is 38.5 Å². The molecule has 0 amide bonds. The molecule has 0 spiro atoms. The molecule has 1 aromatic heterocycles. The summed E-state index contributed by atoms with van der Waals surface area (Å²) in [6.45, 7) is 0. The second-order valence-corrected chi connectivity index (χ2v) is 7.27. The third-order valence-electron chi connectivity index (χ3n) is 2.42. The van der Waals surface area contributed by atoms with Gasteiger partial charge in [-0.05, 0) is 39.6 Å². The summed E-state index contributed by atoms with van der Waals surface area (Å²) in [6, 6.07) is 4.27. The van der Waals surface area contributed by atoms with Gasteiger partial charge in [-0.3, -0.25) is 0 Å². The van der Waals surface area contributed by atoms with E-state index in [1.807, 2.05) is 11.4 Å². The fourth-order valence-corrected chi connectivity index (χ4v) is 3.82. The van der Waals surface area contributed by atoms with Crippen LogP contribution >= 0.6 is 49.9 Å². The molecule has 1 heterocycles. The molecule has 0 saturated carbocycles. The highest BCUT2D eigenvalue weighted by molar-refractivity contribution is 14.1. The maximum atomic E-state index is 13.9. The average molecular weight is 445 g/mol. The van der Waals surface area contributed by atoms with Gasteiger partial charge >= 0.3 is 0 Å². The summed E-state index contributed by atoms with van der Waals surface area (Å²) in [7, 11) is 1.38. The highest BCUT2D eigenvalue weighted by Gasteiger charge is 2.21. The van der Waals surface area contributed by atoms with Crippen LogP contribution in [0.4, 0.5) is 8.78 Å². The molecular formula is C12H8BrF2IOS. The Morgan fingerprint density at radius 3 is 2.33 bits per heavy atom. The van der Waals surface area contributed by atoms with E-state index >= 15 is 0 Å². The molecule has 1 atom stereocenters. The molecule has 0 bridgehead atoms. The lowest BCUT2D eigenvalue weighted by Crippen LogP contribution is -2.01. The fourth-order valence-electron chi connectivity index (χ4n) is 1.54. The van der Waals surface area contributed by atoms with Crippen LogP contribution in [0.25, 0.3) is 0 Å². The maximum absolute atomic E-state index is 13.9. The van der Waals surface area contributed by atoms with Gasteiger partial charge < -0.3 is 4.74 Å². The van der Waals surface area contributed by atoms with Crippen molar-refractivity contribution in [3.8, 4) is 5.75 Å². The minimum Gasteiger partial charge on any atom is -0.497 e. The molecular weight excluding hydrogens is 437 g/mol. The fraction of sp³-hybridized carbons (Fsp3) is 0.167. The van der Waals surface area contributed by atoms with Crippen molar-refractivity contribution in [2.45, 2.75) is 4.83 Å². The first-order valence-corrected chi connectivity index (χ1v) is 7.81. The standard InChI is InChI=1S/C12H8BrF2IOS/c1-17-7-3-8(14)11(9(15)4-7)12(13)6-2-10(16)18-5-6/h2-5,12H,1H3. The third kappa shape index (κ3) is 2.85. The first-order valence-electron chi connectivity index (χ1n) is 4.94. The van der Waals surface area contributed by atoms with Crippen LogP contribution < -0.4 is 4.74 Å². The lowest BCUT2D eigenvalue weighted by atomic mass is 10.1. The van der Waals surface area contributed by atoms with Gasteiger partial charge in [0.1, 0.15) is 17.4 Å². The Balaban J connectivity index is 2.44. The van der Waals surface area contributed by atoms with Crippen molar-refractivity contribution in [1.29, 1.82) is 0 Å². The molecule has 1 nitrogen and oxygen atoms in total. The van der Waals surface area contributed by atoms with E-state index in [-0.39, 0.29) is 11.3 Å². The number of benzene rings is 1. The van der Waals surface area contributed by atoms with Crippen molar-refractivity contribution in [1.82, 2.24) is 0 Å². The highest BCUT2D eigenvalue weighted by Crippen LogP contribution is 2.37. The Bertz CT molecular complexity index is 550. The monoisotopic (exact) mass is 444 g/mol. The van der Waals surface area contributed by atoms with Crippen LogP contribution in [-0.2, 0) is 0 Å². The molecule has 2 aromatic rings. The Labute approximate surface area is 129 Å². The Morgan fingerprint density at radius 1 is 1.28 bits per heavy atom. The Morgan fingerprint density at radius 2 is 1.89 bits per heavy atom. The quantitative estimate of drug-likeness (QED) is 0.471. The van der Waals surface area contributed by atoms with Crippen molar-refractivity contribution in [3.05, 3.63) is 49.2 Å². The van der Waals surface area contributed by atoms with Crippen LogP contribution in [0.5, 0.6) is 5.75 Å². The third-order valence-corrected chi connectivity index (χ3v) is 5.22. The molecule has 0 radical (unpaired) electrons. The van der Waals surface area contributed by atoms with Gasteiger partial charge in [0, 0.05) is 17.7 Å². The minimum absolute atomic E-state index is 0.00463. The summed E-state index contributed by atoms with van der Waals surface area (Å²) in [5, 5.41) is 1.88. The Kier molecular flexibility index (Phi) is 4.60. The van der Waals surface area contributed by atoms with Crippen LogP contribution in [0.1, 0.15) is 16.0 Å². The molecule has 0 N–H and O–H groups in total. The van der Waals surface area contributed by atoms with Crippen LogP contribution in [0.3, 0.4) is 0 Å². The van der Waals surface area contributed by atoms with Gasteiger partial charge in [0.25, 0.3) is 0 Å². The number of rotatable bonds is 3. The van der Waals surface area contributed by atoms with Gasteiger partial charge in [-0.1, -0.05) is 15.9 Å². The van der Waals surface area contributed by atoms with Gasteiger partial charge in [-0.15, -0.1) is 11.3 Å². The lowest BCUT2D eigenvalue weighted by molar-refractivity contribution is 0.405. The van der Waals surface area contributed by atoms with E-state index in [4.69, 9.17) is 4.74 Å². The van der Waals surface area contributed by atoms with E-state index in [0.29, 0.717) is 0 Å². The van der Waals surface area contributed by atoms with Gasteiger partial charge in [0.2, 0.25) is 0 Å². The zero-order valence-electron chi connectivity index (χ0n) is 9.22. The molecule has 0 aliphatic carbocycles. The predicted molar refractivity (Wildman–Crippen MR) is 80.7 cm³/mol.